The van der Waals surface area contributed by atoms with Crippen LogP contribution in [-0.2, 0) is 0 Å². The van der Waals surface area contributed by atoms with Gasteiger partial charge in [-0.15, -0.1) is 22.7 Å². The Morgan fingerprint density at radius 3 is 2.35 bits per heavy atom. The van der Waals surface area contributed by atoms with Crippen molar-refractivity contribution in [3.05, 3.63) is 75.5 Å². The summed E-state index contributed by atoms with van der Waals surface area (Å²) < 4.78 is 25.4. The van der Waals surface area contributed by atoms with E-state index in [0.29, 0.717) is 16.1 Å². The van der Waals surface area contributed by atoms with E-state index < -0.39 is 0 Å². The third-order valence-corrected chi connectivity index (χ3v) is 6.04. The van der Waals surface area contributed by atoms with Gasteiger partial charge in [-0.1, -0.05) is 6.07 Å². The van der Waals surface area contributed by atoms with Crippen molar-refractivity contribution in [1.29, 1.82) is 0 Å². The Balaban J connectivity index is 1.81. The number of rotatable bonds is 6. The molecule has 0 aliphatic carbocycles. The predicted molar refractivity (Wildman–Crippen MR) is 121 cm³/mol. The number of thiazole rings is 1. The molecule has 4 aromatic rings. The number of thiophene rings is 1. The second-order valence-electron chi connectivity index (χ2n) is 6.30. The molecular weight excluding hydrogens is 437 g/mol. The molecule has 0 spiro atoms. The summed E-state index contributed by atoms with van der Waals surface area (Å²) in [5.41, 5.74) is 2.18. The standard InChI is InChI=1S/C22H18FN3O3S2/c1-28-18-10-14(11-19(29-2)21(18)27)12-24-26-17(20-4-3-9-30-20)13-31-22(26)25-16-7-5-15(23)6-8-16/h3-13,27H,1-2H3. The van der Waals surface area contributed by atoms with Crippen molar-refractivity contribution in [3.8, 4) is 27.8 Å². The van der Waals surface area contributed by atoms with Crippen LogP contribution in [0.15, 0.2) is 69.4 Å². The van der Waals surface area contributed by atoms with Crippen LogP contribution >= 0.6 is 22.7 Å². The lowest BCUT2D eigenvalue weighted by atomic mass is 10.2. The molecule has 158 valence electrons. The maximum absolute atomic E-state index is 13.3. The van der Waals surface area contributed by atoms with Crippen molar-refractivity contribution in [2.24, 2.45) is 10.1 Å². The van der Waals surface area contributed by atoms with Crippen molar-refractivity contribution >= 4 is 34.6 Å². The minimum Gasteiger partial charge on any atom is -0.502 e. The Morgan fingerprint density at radius 2 is 1.74 bits per heavy atom. The fraction of sp³-hybridized carbons (Fsp3) is 0.0909. The molecule has 0 bridgehead atoms. The SMILES string of the molecule is COc1cc(C=Nn2c(-c3cccs3)csc2=Nc2ccc(F)cc2)cc(OC)c1O. The van der Waals surface area contributed by atoms with Crippen LogP contribution in [0.5, 0.6) is 17.2 Å². The van der Waals surface area contributed by atoms with Gasteiger partial charge in [-0.3, -0.25) is 0 Å². The smallest absolute Gasteiger partial charge is 0.211 e. The molecule has 31 heavy (non-hydrogen) atoms. The maximum Gasteiger partial charge on any atom is 0.211 e. The number of hydrogen-bond acceptors (Lipinski definition) is 7. The Bertz CT molecular complexity index is 1250. The fourth-order valence-electron chi connectivity index (χ4n) is 2.82. The van der Waals surface area contributed by atoms with Crippen LogP contribution in [0.1, 0.15) is 5.56 Å². The van der Waals surface area contributed by atoms with Crippen molar-refractivity contribution in [1.82, 2.24) is 4.68 Å². The molecule has 2 aromatic carbocycles. The Morgan fingerprint density at radius 1 is 1.03 bits per heavy atom. The molecule has 0 aliphatic rings. The zero-order valence-electron chi connectivity index (χ0n) is 16.7. The fourth-order valence-corrected chi connectivity index (χ4v) is 4.47. The number of phenolic OH excluding ortho intramolecular Hbond substituents is 1. The summed E-state index contributed by atoms with van der Waals surface area (Å²) in [6, 6.07) is 13.3. The molecule has 0 radical (unpaired) electrons. The topological polar surface area (TPSA) is 68.3 Å². The second kappa shape index (κ2) is 9.15. The van der Waals surface area contributed by atoms with Gasteiger partial charge in [-0.25, -0.2) is 14.1 Å². The Labute approximate surface area is 185 Å². The first-order valence-corrected chi connectivity index (χ1v) is 10.9. The van der Waals surface area contributed by atoms with Crippen LogP contribution < -0.4 is 14.3 Å². The van der Waals surface area contributed by atoms with E-state index in [1.54, 1.807) is 46.5 Å². The van der Waals surface area contributed by atoms with E-state index in [4.69, 9.17) is 9.47 Å². The molecule has 0 aliphatic heterocycles. The van der Waals surface area contributed by atoms with Gasteiger partial charge < -0.3 is 14.6 Å². The monoisotopic (exact) mass is 455 g/mol. The van der Waals surface area contributed by atoms with E-state index in [-0.39, 0.29) is 23.1 Å². The van der Waals surface area contributed by atoms with Crippen molar-refractivity contribution < 1.29 is 19.0 Å². The molecule has 6 nitrogen and oxygen atoms in total. The first kappa shape index (κ1) is 20.8. The summed E-state index contributed by atoms with van der Waals surface area (Å²) >= 11 is 3.03. The molecule has 0 amide bonds. The highest BCUT2D eigenvalue weighted by molar-refractivity contribution is 7.14. The van der Waals surface area contributed by atoms with Crippen LogP contribution in [-0.4, -0.2) is 30.2 Å². The molecule has 9 heteroatoms. The molecule has 1 N–H and O–H groups in total. The number of ether oxygens (including phenoxy) is 2. The minimum atomic E-state index is -0.314. The summed E-state index contributed by atoms with van der Waals surface area (Å²) in [7, 11) is 2.94. The third kappa shape index (κ3) is 4.52. The minimum absolute atomic E-state index is 0.0726. The first-order chi connectivity index (χ1) is 15.1. The van der Waals surface area contributed by atoms with Gasteiger partial charge in [0.1, 0.15) is 5.82 Å². The lowest BCUT2D eigenvalue weighted by Gasteiger charge is -2.09. The molecule has 0 saturated carbocycles. The normalized spacial score (nSPS) is 11.9. The van der Waals surface area contributed by atoms with Crippen molar-refractivity contribution in [2.45, 2.75) is 0 Å². The summed E-state index contributed by atoms with van der Waals surface area (Å²) in [5, 5.41) is 18.7. The van der Waals surface area contributed by atoms with Gasteiger partial charge in [0.25, 0.3) is 0 Å². The van der Waals surface area contributed by atoms with Crippen molar-refractivity contribution in [2.75, 3.05) is 14.2 Å². The van der Waals surface area contributed by atoms with Gasteiger partial charge in [-0.2, -0.15) is 5.10 Å². The van der Waals surface area contributed by atoms with E-state index >= 15 is 0 Å². The van der Waals surface area contributed by atoms with Gasteiger partial charge in [-0.05, 0) is 47.8 Å². The molecular formula is C22H18FN3O3S2. The van der Waals surface area contributed by atoms with Gasteiger partial charge in [0.05, 0.1) is 36.7 Å². The molecule has 0 unspecified atom stereocenters. The molecule has 2 aromatic heterocycles. The Hall–Kier alpha value is -3.43. The predicted octanol–water partition coefficient (Wildman–Crippen LogP) is 5.25. The lowest BCUT2D eigenvalue weighted by molar-refractivity contribution is 0.340. The largest absolute Gasteiger partial charge is 0.502 e. The first-order valence-electron chi connectivity index (χ1n) is 9.13. The number of halogens is 1. The summed E-state index contributed by atoms with van der Waals surface area (Å²) in [5.74, 6) is 0.179. The van der Waals surface area contributed by atoms with Crippen LogP contribution in [0, 0.1) is 5.82 Å². The highest BCUT2D eigenvalue weighted by atomic mass is 32.1. The quantitative estimate of drug-likeness (QED) is 0.404. The second-order valence-corrected chi connectivity index (χ2v) is 8.08. The van der Waals surface area contributed by atoms with Crippen LogP contribution in [0.3, 0.4) is 0 Å². The highest BCUT2D eigenvalue weighted by Crippen LogP contribution is 2.36. The van der Waals surface area contributed by atoms with Gasteiger partial charge in [0.15, 0.2) is 11.5 Å². The van der Waals surface area contributed by atoms with Crippen LogP contribution in [0.2, 0.25) is 0 Å². The molecule has 0 fully saturated rings. The number of hydrogen-bond donors (Lipinski definition) is 1. The summed E-state index contributed by atoms with van der Waals surface area (Å²) in [6.07, 6.45) is 1.64. The van der Waals surface area contributed by atoms with Crippen LogP contribution in [0.25, 0.3) is 10.6 Å². The zero-order chi connectivity index (χ0) is 21.8. The third-order valence-electron chi connectivity index (χ3n) is 4.33. The van der Waals surface area contributed by atoms with E-state index in [1.807, 2.05) is 22.9 Å². The van der Waals surface area contributed by atoms with Crippen molar-refractivity contribution in [3.63, 3.8) is 0 Å². The molecule has 2 heterocycles. The number of methoxy groups -OCH3 is 2. The maximum atomic E-state index is 13.3. The van der Waals surface area contributed by atoms with Crippen LogP contribution in [0.4, 0.5) is 10.1 Å². The number of benzene rings is 2. The average molecular weight is 456 g/mol. The number of aromatic nitrogens is 1. The summed E-state index contributed by atoms with van der Waals surface area (Å²) in [4.78, 5) is 6.29. The van der Waals surface area contributed by atoms with Gasteiger partial charge in [0, 0.05) is 10.9 Å². The van der Waals surface area contributed by atoms with E-state index in [0.717, 1.165) is 10.6 Å². The van der Waals surface area contributed by atoms with E-state index in [2.05, 4.69) is 10.1 Å². The lowest BCUT2D eigenvalue weighted by Crippen LogP contribution is -2.11. The van der Waals surface area contributed by atoms with E-state index in [9.17, 15) is 9.50 Å². The Kier molecular flexibility index (Phi) is 6.15. The molecule has 4 rings (SSSR count). The van der Waals surface area contributed by atoms with E-state index in [1.165, 1.54) is 37.7 Å². The summed E-state index contributed by atoms with van der Waals surface area (Å²) in [6.45, 7) is 0. The van der Waals surface area contributed by atoms with Gasteiger partial charge >= 0.3 is 0 Å². The number of phenols is 1. The average Bonchev–Trinajstić information content (AvgIpc) is 3.44. The molecule has 0 saturated heterocycles. The number of nitrogens with zero attached hydrogens (tertiary/aromatic N) is 3. The highest BCUT2D eigenvalue weighted by Gasteiger charge is 2.12. The zero-order valence-corrected chi connectivity index (χ0v) is 18.3. The molecule has 0 atom stereocenters. The van der Waals surface area contributed by atoms with Gasteiger partial charge in [0.2, 0.25) is 10.6 Å². The number of aromatic hydroxyl groups is 1.